The van der Waals surface area contributed by atoms with Crippen LogP contribution in [0.15, 0.2) is 24.3 Å². The topological polar surface area (TPSA) is 40.5 Å². The Labute approximate surface area is 98.9 Å². The number of halogens is 1. The van der Waals surface area contributed by atoms with Gasteiger partial charge in [-0.05, 0) is 36.5 Å². The second-order valence-electron chi connectivity index (χ2n) is 4.97. The molecule has 2 aliphatic rings. The molecule has 3 nitrogen and oxygen atoms in total. The summed E-state index contributed by atoms with van der Waals surface area (Å²) in [6.45, 7) is 0. The lowest BCUT2D eigenvalue weighted by Gasteiger charge is -2.52. The Morgan fingerprint density at radius 2 is 2.18 bits per heavy atom. The van der Waals surface area contributed by atoms with Gasteiger partial charge in [0.1, 0.15) is 5.82 Å². The smallest absolute Gasteiger partial charge is 0.257 e. The Morgan fingerprint density at radius 3 is 2.76 bits per heavy atom. The number of amides is 1. The van der Waals surface area contributed by atoms with Crippen molar-refractivity contribution in [3.8, 4) is 0 Å². The van der Waals surface area contributed by atoms with Crippen molar-refractivity contribution in [3.63, 3.8) is 0 Å². The first-order valence-corrected chi connectivity index (χ1v) is 5.80. The van der Waals surface area contributed by atoms with Gasteiger partial charge in [-0.15, -0.1) is 0 Å². The minimum absolute atomic E-state index is 0.0412. The minimum atomic E-state index is -1.30. The standard InChI is InChI=1S/C13H14FNO2/c1-15-11(8-3-2-4-10(14)7-8)13(17,12(15)16)9-5-6-9/h2-4,7,9,11,17H,5-6H2,1H3. The first-order chi connectivity index (χ1) is 8.05. The van der Waals surface area contributed by atoms with E-state index in [9.17, 15) is 14.3 Å². The molecular weight excluding hydrogens is 221 g/mol. The molecule has 2 fully saturated rings. The number of aliphatic hydroxyl groups is 1. The second-order valence-corrected chi connectivity index (χ2v) is 4.97. The number of likely N-dealkylation sites (tertiary alicyclic amines) is 1. The summed E-state index contributed by atoms with van der Waals surface area (Å²) in [5.74, 6) is -0.540. The Morgan fingerprint density at radius 1 is 1.47 bits per heavy atom. The van der Waals surface area contributed by atoms with E-state index in [0.717, 1.165) is 12.8 Å². The maximum atomic E-state index is 13.2. The van der Waals surface area contributed by atoms with E-state index >= 15 is 0 Å². The van der Waals surface area contributed by atoms with E-state index in [1.807, 2.05) is 0 Å². The highest BCUT2D eigenvalue weighted by molar-refractivity contribution is 5.93. The van der Waals surface area contributed by atoms with Crippen LogP contribution in [0.1, 0.15) is 24.4 Å². The molecule has 1 amide bonds. The van der Waals surface area contributed by atoms with Crippen LogP contribution in [0.2, 0.25) is 0 Å². The van der Waals surface area contributed by atoms with Crippen molar-refractivity contribution in [2.24, 2.45) is 5.92 Å². The molecule has 1 N–H and O–H groups in total. The Bertz CT molecular complexity index is 486. The zero-order valence-corrected chi connectivity index (χ0v) is 9.56. The summed E-state index contributed by atoms with van der Waals surface area (Å²) in [4.78, 5) is 13.3. The van der Waals surface area contributed by atoms with Crippen LogP contribution in [-0.4, -0.2) is 28.6 Å². The summed E-state index contributed by atoms with van der Waals surface area (Å²) < 4.78 is 13.2. The lowest BCUT2D eigenvalue weighted by Crippen LogP contribution is -2.68. The van der Waals surface area contributed by atoms with Crippen molar-refractivity contribution < 1.29 is 14.3 Å². The van der Waals surface area contributed by atoms with Gasteiger partial charge in [0.15, 0.2) is 5.60 Å². The van der Waals surface area contributed by atoms with Gasteiger partial charge < -0.3 is 10.0 Å². The normalized spacial score (nSPS) is 32.5. The molecule has 2 unspecified atom stereocenters. The lowest BCUT2D eigenvalue weighted by molar-refractivity contribution is -0.194. The lowest BCUT2D eigenvalue weighted by atomic mass is 9.75. The Balaban J connectivity index is 1.99. The number of carbonyl (C=O) groups is 1. The average molecular weight is 235 g/mol. The fourth-order valence-corrected chi connectivity index (χ4v) is 2.82. The Hall–Kier alpha value is -1.42. The van der Waals surface area contributed by atoms with E-state index in [0.29, 0.717) is 5.56 Å². The van der Waals surface area contributed by atoms with E-state index in [1.54, 1.807) is 19.2 Å². The molecule has 0 bridgehead atoms. The quantitative estimate of drug-likeness (QED) is 0.789. The molecule has 1 aliphatic heterocycles. The van der Waals surface area contributed by atoms with Crippen molar-refractivity contribution in [2.75, 3.05) is 7.05 Å². The van der Waals surface area contributed by atoms with Gasteiger partial charge in [-0.1, -0.05) is 12.1 Å². The largest absolute Gasteiger partial charge is 0.377 e. The number of hydrogen-bond donors (Lipinski definition) is 1. The fraction of sp³-hybridized carbons (Fsp3) is 0.462. The van der Waals surface area contributed by atoms with Gasteiger partial charge in [0, 0.05) is 7.05 Å². The number of β-lactam (4-membered cyclic amide) rings is 1. The predicted molar refractivity (Wildman–Crippen MR) is 59.6 cm³/mol. The molecule has 0 radical (unpaired) electrons. The zero-order valence-electron chi connectivity index (χ0n) is 9.56. The molecule has 1 saturated heterocycles. The number of likely N-dealkylation sites (N-methyl/N-ethyl adjacent to an activating group) is 1. The summed E-state index contributed by atoms with van der Waals surface area (Å²) >= 11 is 0. The molecule has 1 aromatic carbocycles. The van der Waals surface area contributed by atoms with E-state index in [2.05, 4.69) is 0 Å². The van der Waals surface area contributed by atoms with Crippen LogP contribution < -0.4 is 0 Å². The third kappa shape index (κ3) is 1.33. The molecule has 3 rings (SSSR count). The highest BCUT2D eigenvalue weighted by Crippen LogP contribution is 2.54. The first-order valence-electron chi connectivity index (χ1n) is 5.80. The van der Waals surface area contributed by atoms with Crippen molar-refractivity contribution >= 4 is 5.91 Å². The molecule has 2 atom stereocenters. The van der Waals surface area contributed by atoms with E-state index in [-0.39, 0.29) is 17.6 Å². The van der Waals surface area contributed by atoms with Gasteiger partial charge in [-0.2, -0.15) is 0 Å². The summed E-state index contributed by atoms with van der Waals surface area (Å²) in [7, 11) is 1.65. The van der Waals surface area contributed by atoms with Crippen LogP contribution in [0.25, 0.3) is 0 Å². The third-order valence-electron chi connectivity index (χ3n) is 3.83. The van der Waals surface area contributed by atoms with Crippen LogP contribution in [-0.2, 0) is 4.79 Å². The van der Waals surface area contributed by atoms with Crippen LogP contribution >= 0.6 is 0 Å². The third-order valence-corrected chi connectivity index (χ3v) is 3.83. The van der Waals surface area contributed by atoms with Crippen molar-refractivity contribution in [1.29, 1.82) is 0 Å². The molecule has 90 valence electrons. The Kier molecular flexibility index (Phi) is 2.08. The number of rotatable bonds is 2. The molecule has 1 aromatic rings. The van der Waals surface area contributed by atoms with Crippen molar-refractivity contribution in [3.05, 3.63) is 35.6 Å². The summed E-state index contributed by atoms with van der Waals surface area (Å²) in [5.41, 5.74) is -0.635. The minimum Gasteiger partial charge on any atom is -0.377 e. The monoisotopic (exact) mass is 235 g/mol. The SMILES string of the molecule is CN1C(=O)C(O)(C2CC2)C1c1cccc(F)c1. The molecule has 17 heavy (non-hydrogen) atoms. The molecular formula is C13H14FNO2. The highest BCUT2D eigenvalue weighted by atomic mass is 19.1. The average Bonchev–Trinajstić information content (AvgIpc) is 3.12. The second kappa shape index (κ2) is 3.29. The molecule has 1 aliphatic carbocycles. The molecule has 1 saturated carbocycles. The molecule has 0 aromatic heterocycles. The molecule has 1 heterocycles. The van der Waals surface area contributed by atoms with Gasteiger partial charge in [0.2, 0.25) is 0 Å². The van der Waals surface area contributed by atoms with Crippen molar-refractivity contribution in [1.82, 2.24) is 4.90 Å². The van der Waals surface area contributed by atoms with Gasteiger partial charge in [-0.25, -0.2) is 4.39 Å². The number of nitrogens with zero attached hydrogens (tertiary/aromatic N) is 1. The van der Waals surface area contributed by atoms with Crippen LogP contribution in [0.5, 0.6) is 0 Å². The maximum absolute atomic E-state index is 13.2. The van der Waals surface area contributed by atoms with Gasteiger partial charge in [0.25, 0.3) is 5.91 Å². The predicted octanol–water partition coefficient (Wildman–Crippen LogP) is 1.48. The van der Waals surface area contributed by atoms with E-state index < -0.39 is 11.6 Å². The van der Waals surface area contributed by atoms with Gasteiger partial charge >= 0.3 is 0 Å². The van der Waals surface area contributed by atoms with E-state index in [1.165, 1.54) is 17.0 Å². The zero-order chi connectivity index (χ0) is 12.2. The summed E-state index contributed by atoms with van der Waals surface area (Å²) in [5, 5.41) is 10.5. The summed E-state index contributed by atoms with van der Waals surface area (Å²) in [6, 6.07) is 5.71. The van der Waals surface area contributed by atoms with Gasteiger partial charge in [-0.3, -0.25) is 4.79 Å². The van der Waals surface area contributed by atoms with Crippen LogP contribution in [0.4, 0.5) is 4.39 Å². The molecule has 0 spiro atoms. The van der Waals surface area contributed by atoms with Gasteiger partial charge in [0.05, 0.1) is 6.04 Å². The van der Waals surface area contributed by atoms with Crippen molar-refractivity contribution in [2.45, 2.75) is 24.5 Å². The fourth-order valence-electron chi connectivity index (χ4n) is 2.82. The summed E-state index contributed by atoms with van der Waals surface area (Å²) in [6.07, 6.45) is 1.75. The first kappa shape index (κ1) is 10.7. The van der Waals surface area contributed by atoms with E-state index in [4.69, 9.17) is 0 Å². The van der Waals surface area contributed by atoms with Crippen LogP contribution in [0, 0.1) is 11.7 Å². The maximum Gasteiger partial charge on any atom is 0.257 e. The number of hydrogen-bond acceptors (Lipinski definition) is 2. The van der Waals surface area contributed by atoms with Crippen LogP contribution in [0.3, 0.4) is 0 Å². The highest BCUT2D eigenvalue weighted by Gasteiger charge is 2.65. The molecule has 4 heteroatoms. The number of carbonyl (C=O) groups excluding carboxylic acids is 1. The number of benzene rings is 1.